The predicted octanol–water partition coefficient (Wildman–Crippen LogP) is 3.82. The zero-order valence-electron chi connectivity index (χ0n) is 13.4. The van der Waals surface area contributed by atoms with Crippen LogP contribution in [0.1, 0.15) is 55.3 Å². The van der Waals surface area contributed by atoms with Crippen molar-refractivity contribution in [2.75, 3.05) is 19.6 Å². The molecule has 0 bridgehead atoms. The van der Waals surface area contributed by atoms with E-state index in [0.29, 0.717) is 6.04 Å². The summed E-state index contributed by atoms with van der Waals surface area (Å²) in [5.74, 6) is 0.914. The van der Waals surface area contributed by atoms with Crippen LogP contribution in [0.25, 0.3) is 0 Å². The summed E-state index contributed by atoms with van der Waals surface area (Å²) >= 11 is 0. The van der Waals surface area contributed by atoms with Crippen molar-refractivity contribution in [1.82, 2.24) is 4.90 Å². The molecule has 2 atom stereocenters. The van der Waals surface area contributed by atoms with Crippen LogP contribution in [0.2, 0.25) is 0 Å². The zero-order chi connectivity index (χ0) is 14.5. The van der Waals surface area contributed by atoms with Crippen LogP contribution in [-0.4, -0.2) is 24.5 Å². The lowest BCUT2D eigenvalue weighted by Gasteiger charge is -2.31. The summed E-state index contributed by atoms with van der Waals surface area (Å²) in [4.78, 5) is 2.62. The number of nitrogens with zero attached hydrogens (tertiary/aromatic N) is 1. The molecular weight excluding hydrogens is 244 g/mol. The molecule has 0 amide bonds. The predicted molar refractivity (Wildman–Crippen MR) is 86.9 cm³/mol. The van der Waals surface area contributed by atoms with Crippen LogP contribution < -0.4 is 5.73 Å². The first-order valence-corrected chi connectivity index (χ1v) is 8.17. The Labute approximate surface area is 124 Å². The highest BCUT2D eigenvalue weighted by molar-refractivity contribution is 5.35. The maximum atomic E-state index is 6.13. The van der Waals surface area contributed by atoms with Crippen molar-refractivity contribution >= 4 is 0 Å². The van der Waals surface area contributed by atoms with Gasteiger partial charge in [0, 0.05) is 12.6 Å². The Morgan fingerprint density at radius 3 is 2.75 bits per heavy atom. The summed E-state index contributed by atoms with van der Waals surface area (Å²) in [6.45, 7) is 9.88. The molecule has 1 saturated heterocycles. The molecule has 1 aromatic rings. The Morgan fingerprint density at radius 1 is 1.25 bits per heavy atom. The molecule has 112 valence electrons. The van der Waals surface area contributed by atoms with Gasteiger partial charge in [0.05, 0.1) is 0 Å². The smallest absolute Gasteiger partial charge is 0.0473 e. The Hall–Kier alpha value is -0.860. The number of rotatable bonds is 4. The third-order valence-corrected chi connectivity index (χ3v) is 5.13. The van der Waals surface area contributed by atoms with Crippen LogP contribution in [0.3, 0.4) is 0 Å². The molecular formula is C18H30N2. The fourth-order valence-corrected chi connectivity index (χ4v) is 3.52. The highest BCUT2D eigenvalue weighted by Gasteiger charge is 2.24. The van der Waals surface area contributed by atoms with Gasteiger partial charge in [-0.3, -0.25) is 4.90 Å². The molecule has 2 unspecified atom stereocenters. The lowest BCUT2D eigenvalue weighted by atomic mass is 9.96. The van der Waals surface area contributed by atoms with E-state index in [9.17, 15) is 0 Å². The Balaban J connectivity index is 2.17. The van der Waals surface area contributed by atoms with Crippen molar-refractivity contribution < 1.29 is 0 Å². The van der Waals surface area contributed by atoms with E-state index in [4.69, 9.17) is 5.73 Å². The van der Waals surface area contributed by atoms with E-state index in [1.807, 2.05) is 0 Å². The Morgan fingerprint density at radius 2 is 2.05 bits per heavy atom. The fourth-order valence-electron chi connectivity index (χ4n) is 3.52. The van der Waals surface area contributed by atoms with E-state index in [1.54, 1.807) is 0 Å². The lowest BCUT2D eigenvalue weighted by molar-refractivity contribution is 0.206. The lowest BCUT2D eigenvalue weighted by Crippen LogP contribution is -2.35. The van der Waals surface area contributed by atoms with Gasteiger partial charge in [0.15, 0.2) is 0 Å². The number of hydrogen-bond donors (Lipinski definition) is 1. The summed E-state index contributed by atoms with van der Waals surface area (Å²) in [5, 5.41) is 0. The molecule has 1 fully saturated rings. The Kier molecular flexibility index (Phi) is 5.62. The molecule has 20 heavy (non-hydrogen) atoms. The first-order chi connectivity index (χ1) is 9.67. The van der Waals surface area contributed by atoms with Crippen molar-refractivity contribution in [2.45, 2.75) is 52.5 Å². The van der Waals surface area contributed by atoms with Crippen molar-refractivity contribution in [3.8, 4) is 0 Å². The number of likely N-dealkylation sites (tertiary alicyclic amines) is 1. The molecule has 1 aliphatic rings. The van der Waals surface area contributed by atoms with Crippen LogP contribution in [0.5, 0.6) is 0 Å². The van der Waals surface area contributed by atoms with Crippen LogP contribution in [0.4, 0.5) is 0 Å². The molecule has 1 heterocycles. The minimum atomic E-state index is 0.394. The first kappa shape index (κ1) is 15.5. The van der Waals surface area contributed by atoms with Crippen molar-refractivity contribution in [3.63, 3.8) is 0 Å². The average Bonchev–Trinajstić information content (AvgIpc) is 2.70. The number of nitrogens with two attached hydrogens (primary N) is 1. The largest absolute Gasteiger partial charge is 0.329 e. The molecule has 0 aliphatic carbocycles. The normalized spacial score (nSPS) is 22.5. The van der Waals surface area contributed by atoms with Gasteiger partial charge in [0.25, 0.3) is 0 Å². The molecule has 0 aromatic heterocycles. The molecule has 1 aromatic carbocycles. The molecule has 2 heteroatoms. The minimum Gasteiger partial charge on any atom is -0.329 e. The van der Waals surface area contributed by atoms with Gasteiger partial charge in [0.1, 0.15) is 0 Å². The maximum Gasteiger partial charge on any atom is 0.0473 e. The second-order valence-electron chi connectivity index (χ2n) is 6.28. The highest BCUT2D eigenvalue weighted by atomic mass is 15.2. The third kappa shape index (κ3) is 3.42. The maximum absolute atomic E-state index is 6.13. The van der Waals surface area contributed by atoms with E-state index in [2.05, 4.69) is 43.9 Å². The molecule has 0 saturated carbocycles. The van der Waals surface area contributed by atoms with Gasteiger partial charge in [-0.25, -0.2) is 0 Å². The second kappa shape index (κ2) is 7.24. The van der Waals surface area contributed by atoms with Crippen LogP contribution >= 0.6 is 0 Å². The van der Waals surface area contributed by atoms with Gasteiger partial charge in [-0.2, -0.15) is 0 Å². The standard InChI is InChI=1S/C18H30N2/c1-4-16-8-6-11-20(12-10-16)18(13-19)17-9-5-7-14(2)15(17)3/h5,7,9,16,18H,4,6,8,10-13,19H2,1-3H3. The molecule has 2 nitrogen and oxygen atoms in total. The van der Waals surface area contributed by atoms with Crippen molar-refractivity contribution in [1.29, 1.82) is 0 Å². The van der Waals surface area contributed by atoms with Crippen LogP contribution in [0.15, 0.2) is 18.2 Å². The Bertz CT molecular complexity index is 427. The quantitative estimate of drug-likeness (QED) is 0.904. The average molecular weight is 274 g/mol. The summed E-state index contributed by atoms with van der Waals surface area (Å²) in [5.41, 5.74) is 10.4. The van der Waals surface area contributed by atoms with Crippen LogP contribution in [0, 0.1) is 19.8 Å². The van der Waals surface area contributed by atoms with E-state index in [0.717, 1.165) is 12.5 Å². The molecule has 0 spiro atoms. The van der Waals surface area contributed by atoms with E-state index in [1.165, 1.54) is 55.5 Å². The van der Waals surface area contributed by atoms with E-state index >= 15 is 0 Å². The number of benzene rings is 1. The van der Waals surface area contributed by atoms with Gasteiger partial charge < -0.3 is 5.73 Å². The molecule has 2 N–H and O–H groups in total. The van der Waals surface area contributed by atoms with Gasteiger partial charge in [-0.1, -0.05) is 31.5 Å². The first-order valence-electron chi connectivity index (χ1n) is 8.17. The van der Waals surface area contributed by atoms with Crippen molar-refractivity contribution in [3.05, 3.63) is 34.9 Å². The highest BCUT2D eigenvalue weighted by Crippen LogP contribution is 2.29. The number of aryl methyl sites for hydroxylation is 1. The van der Waals surface area contributed by atoms with Gasteiger partial charge >= 0.3 is 0 Å². The van der Waals surface area contributed by atoms with Gasteiger partial charge in [-0.15, -0.1) is 0 Å². The summed E-state index contributed by atoms with van der Waals surface area (Å²) in [6.07, 6.45) is 5.36. The summed E-state index contributed by atoms with van der Waals surface area (Å²) in [6, 6.07) is 7.03. The van der Waals surface area contributed by atoms with Gasteiger partial charge in [-0.05, 0) is 68.8 Å². The zero-order valence-corrected chi connectivity index (χ0v) is 13.4. The topological polar surface area (TPSA) is 29.3 Å². The van der Waals surface area contributed by atoms with E-state index in [-0.39, 0.29) is 0 Å². The van der Waals surface area contributed by atoms with Gasteiger partial charge in [0.2, 0.25) is 0 Å². The molecule has 2 rings (SSSR count). The van der Waals surface area contributed by atoms with Crippen LogP contribution in [-0.2, 0) is 0 Å². The fraction of sp³-hybridized carbons (Fsp3) is 0.667. The molecule has 1 aliphatic heterocycles. The summed E-state index contributed by atoms with van der Waals surface area (Å²) in [7, 11) is 0. The van der Waals surface area contributed by atoms with Crippen molar-refractivity contribution in [2.24, 2.45) is 11.7 Å². The monoisotopic (exact) mass is 274 g/mol. The molecule has 0 radical (unpaired) electrons. The SMILES string of the molecule is CCC1CCCN(C(CN)c2cccc(C)c2C)CC1. The minimum absolute atomic E-state index is 0.394. The van der Waals surface area contributed by atoms with E-state index < -0.39 is 0 Å². The summed E-state index contributed by atoms with van der Waals surface area (Å²) < 4.78 is 0. The number of hydrogen-bond acceptors (Lipinski definition) is 2. The second-order valence-corrected chi connectivity index (χ2v) is 6.28. The third-order valence-electron chi connectivity index (χ3n) is 5.13.